The molecule has 5 heteroatoms. The minimum atomic E-state index is -0.997. The molecule has 0 radical (unpaired) electrons. The van der Waals surface area contributed by atoms with E-state index < -0.39 is 10.7 Å². The molecule has 0 aliphatic rings. The summed E-state index contributed by atoms with van der Waals surface area (Å²) in [6, 6.07) is 6.66. The summed E-state index contributed by atoms with van der Waals surface area (Å²) < 4.78 is 4.39. The van der Waals surface area contributed by atoms with E-state index in [-0.39, 0.29) is 11.5 Å². The molecule has 0 aliphatic carbocycles. The summed E-state index contributed by atoms with van der Waals surface area (Å²) in [5, 5.41) is 9.14. The van der Waals surface area contributed by atoms with Gasteiger partial charge in [-0.25, -0.2) is 4.79 Å². The van der Waals surface area contributed by atoms with Crippen LogP contribution in [-0.2, 0) is 9.53 Å². The van der Waals surface area contributed by atoms with E-state index >= 15 is 0 Å². The average Bonchev–Trinajstić information content (AvgIpc) is 2.38. The van der Waals surface area contributed by atoms with Crippen molar-refractivity contribution in [2.24, 2.45) is 0 Å². The Hall–Kier alpha value is -1.49. The van der Waals surface area contributed by atoms with Gasteiger partial charge in [-0.2, -0.15) is 0 Å². The predicted molar refractivity (Wildman–Crippen MR) is 79.2 cm³/mol. The first-order valence-corrected chi connectivity index (χ1v) is 7.38. The summed E-state index contributed by atoms with van der Waals surface area (Å²) in [4.78, 5) is 23.8. The fourth-order valence-electron chi connectivity index (χ4n) is 1.53. The van der Waals surface area contributed by atoms with Gasteiger partial charge < -0.3 is 9.84 Å². The summed E-state index contributed by atoms with van der Waals surface area (Å²) >= 11 is 1.21. The van der Waals surface area contributed by atoms with Gasteiger partial charge in [0.05, 0.1) is 12.2 Å². The summed E-state index contributed by atoms with van der Waals surface area (Å²) in [7, 11) is 0. The number of benzene rings is 1. The smallest absolute Gasteiger partial charge is 0.336 e. The van der Waals surface area contributed by atoms with Gasteiger partial charge in [-0.1, -0.05) is 25.5 Å². The van der Waals surface area contributed by atoms with E-state index in [0.717, 1.165) is 12.8 Å². The molecule has 0 bridgehead atoms. The Bertz CT molecular complexity index is 483. The van der Waals surface area contributed by atoms with E-state index in [9.17, 15) is 9.59 Å². The molecule has 110 valence electrons. The topological polar surface area (TPSA) is 63.6 Å². The number of rotatable bonds is 7. The Morgan fingerprint density at radius 2 is 1.95 bits per heavy atom. The van der Waals surface area contributed by atoms with E-state index in [1.807, 2.05) is 6.92 Å². The number of aromatic carboxylic acids is 1. The minimum absolute atomic E-state index is 0.201. The van der Waals surface area contributed by atoms with Crippen LogP contribution in [0.1, 0.15) is 44.0 Å². The minimum Gasteiger partial charge on any atom is -0.478 e. The van der Waals surface area contributed by atoms with E-state index in [4.69, 9.17) is 9.84 Å². The molecular formula is C15H20O4S. The van der Waals surface area contributed by atoms with Crippen molar-refractivity contribution in [3.8, 4) is 0 Å². The highest BCUT2D eigenvalue weighted by Crippen LogP contribution is 2.35. The number of carbonyl (C=O) groups excluding carboxylic acids is 1. The van der Waals surface area contributed by atoms with E-state index in [1.54, 1.807) is 32.0 Å². The second-order valence-corrected chi connectivity index (χ2v) is 6.57. The highest BCUT2D eigenvalue weighted by Gasteiger charge is 2.32. The fourth-order valence-corrected chi connectivity index (χ4v) is 2.64. The van der Waals surface area contributed by atoms with Gasteiger partial charge in [0, 0.05) is 4.90 Å². The molecule has 0 aliphatic heterocycles. The van der Waals surface area contributed by atoms with Crippen LogP contribution in [0.15, 0.2) is 29.2 Å². The molecule has 0 fully saturated rings. The van der Waals surface area contributed by atoms with E-state index in [1.165, 1.54) is 17.8 Å². The van der Waals surface area contributed by atoms with Gasteiger partial charge in [0.2, 0.25) is 0 Å². The highest BCUT2D eigenvalue weighted by molar-refractivity contribution is 8.01. The van der Waals surface area contributed by atoms with Crippen LogP contribution in [-0.4, -0.2) is 28.4 Å². The maximum absolute atomic E-state index is 12.0. The zero-order chi connectivity index (χ0) is 15.2. The van der Waals surface area contributed by atoms with Gasteiger partial charge in [0.1, 0.15) is 4.75 Å². The van der Waals surface area contributed by atoms with Crippen LogP contribution in [0.4, 0.5) is 0 Å². The molecule has 0 saturated carbocycles. The molecule has 0 unspecified atom stereocenters. The van der Waals surface area contributed by atoms with Crippen molar-refractivity contribution in [2.75, 3.05) is 6.61 Å². The standard InChI is InChI=1S/C15H20O4S/c1-4-5-10-19-14(18)15(2,3)20-12-9-7-6-8-11(12)13(16)17/h6-9H,4-5,10H2,1-3H3,(H,16,17). The largest absolute Gasteiger partial charge is 0.478 e. The molecule has 0 atom stereocenters. The van der Waals surface area contributed by atoms with Crippen molar-refractivity contribution >= 4 is 23.7 Å². The molecule has 0 heterocycles. The Morgan fingerprint density at radius 1 is 1.30 bits per heavy atom. The maximum atomic E-state index is 12.0. The number of esters is 1. The van der Waals surface area contributed by atoms with Gasteiger partial charge in [-0.3, -0.25) is 4.79 Å². The molecule has 0 aromatic heterocycles. The lowest BCUT2D eigenvalue weighted by Gasteiger charge is -2.22. The van der Waals surface area contributed by atoms with Gasteiger partial charge in [0.25, 0.3) is 0 Å². The van der Waals surface area contributed by atoms with Crippen LogP contribution in [0.2, 0.25) is 0 Å². The number of thioether (sulfide) groups is 1. The first-order valence-electron chi connectivity index (χ1n) is 6.57. The van der Waals surface area contributed by atoms with Gasteiger partial charge >= 0.3 is 11.9 Å². The number of ether oxygens (including phenoxy) is 1. The quantitative estimate of drug-likeness (QED) is 0.473. The summed E-state index contributed by atoms with van der Waals surface area (Å²) in [6.45, 7) is 5.91. The van der Waals surface area contributed by atoms with Crippen molar-refractivity contribution < 1.29 is 19.4 Å². The second-order valence-electron chi connectivity index (χ2n) is 4.90. The zero-order valence-electron chi connectivity index (χ0n) is 12.0. The Labute approximate surface area is 123 Å². The van der Waals surface area contributed by atoms with Crippen molar-refractivity contribution in [1.29, 1.82) is 0 Å². The van der Waals surface area contributed by atoms with Crippen molar-refractivity contribution in [2.45, 2.75) is 43.3 Å². The molecule has 20 heavy (non-hydrogen) atoms. The molecular weight excluding hydrogens is 276 g/mol. The molecule has 0 saturated heterocycles. The third-order valence-corrected chi connectivity index (χ3v) is 3.96. The molecule has 1 rings (SSSR count). The van der Waals surface area contributed by atoms with Crippen LogP contribution >= 0.6 is 11.8 Å². The highest BCUT2D eigenvalue weighted by atomic mass is 32.2. The van der Waals surface area contributed by atoms with Gasteiger partial charge in [-0.15, -0.1) is 11.8 Å². The Morgan fingerprint density at radius 3 is 2.55 bits per heavy atom. The number of carboxylic acids is 1. The number of hydrogen-bond donors (Lipinski definition) is 1. The summed E-state index contributed by atoms with van der Waals surface area (Å²) in [5.41, 5.74) is 0.201. The molecule has 1 aromatic carbocycles. The lowest BCUT2D eigenvalue weighted by molar-refractivity contribution is -0.145. The van der Waals surface area contributed by atoms with Crippen LogP contribution < -0.4 is 0 Å². The van der Waals surface area contributed by atoms with Crippen LogP contribution in [0.3, 0.4) is 0 Å². The molecule has 4 nitrogen and oxygen atoms in total. The normalized spacial score (nSPS) is 11.2. The molecule has 1 N–H and O–H groups in total. The van der Waals surface area contributed by atoms with Gasteiger partial charge in [0.15, 0.2) is 0 Å². The van der Waals surface area contributed by atoms with Crippen LogP contribution in [0, 0.1) is 0 Å². The number of carbonyl (C=O) groups is 2. The molecule has 1 aromatic rings. The van der Waals surface area contributed by atoms with Crippen LogP contribution in [0.25, 0.3) is 0 Å². The van der Waals surface area contributed by atoms with Gasteiger partial charge in [-0.05, 0) is 32.4 Å². The lowest BCUT2D eigenvalue weighted by atomic mass is 10.2. The second kappa shape index (κ2) is 7.33. The summed E-state index contributed by atoms with van der Waals surface area (Å²) in [6.07, 6.45) is 1.79. The van der Waals surface area contributed by atoms with Crippen molar-refractivity contribution in [1.82, 2.24) is 0 Å². The van der Waals surface area contributed by atoms with E-state index in [0.29, 0.717) is 11.5 Å². The van der Waals surface area contributed by atoms with Crippen LogP contribution in [0.5, 0.6) is 0 Å². The van der Waals surface area contributed by atoms with E-state index in [2.05, 4.69) is 0 Å². The third-order valence-electron chi connectivity index (χ3n) is 2.71. The first-order chi connectivity index (χ1) is 9.38. The zero-order valence-corrected chi connectivity index (χ0v) is 12.8. The number of carboxylic acid groups (broad SMARTS) is 1. The fraction of sp³-hybridized carbons (Fsp3) is 0.467. The Balaban J connectivity index is 2.80. The Kier molecular flexibility index (Phi) is 6.07. The lowest BCUT2D eigenvalue weighted by Crippen LogP contribution is -2.30. The maximum Gasteiger partial charge on any atom is 0.336 e. The molecule has 0 spiro atoms. The van der Waals surface area contributed by atoms with Crippen molar-refractivity contribution in [3.63, 3.8) is 0 Å². The number of unbranched alkanes of at least 4 members (excludes halogenated alkanes) is 1. The first kappa shape index (κ1) is 16.6. The third kappa shape index (κ3) is 4.56. The van der Waals surface area contributed by atoms with Crippen molar-refractivity contribution in [3.05, 3.63) is 29.8 Å². The number of hydrogen-bond acceptors (Lipinski definition) is 4. The predicted octanol–water partition coefficient (Wildman–Crippen LogP) is 3.60. The summed E-state index contributed by atoms with van der Waals surface area (Å²) in [5.74, 6) is -1.32. The monoisotopic (exact) mass is 296 g/mol. The average molecular weight is 296 g/mol. The molecule has 0 amide bonds. The SMILES string of the molecule is CCCCOC(=O)C(C)(C)Sc1ccccc1C(=O)O.